The Kier molecular flexibility index (Phi) is 5.95. The zero-order valence-corrected chi connectivity index (χ0v) is 27.4. The Morgan fingerprint density at radius 1 is 0.429 bits per heavy atom. The second kappa shape index (κ2) is 10.4. The fourth-order valence-corrected chi connectivity index (χ4v) is 8.13. The van der Waals surface area contributed by atoms with E-state index in [1.165, 1.54) is 60.3 Å². The van der Waals surface area contributed by atoms with Crippen LogP contribution in [0.15, 0.2) is 168 Å². The fraction of sp³-hybridized carbons (Fsp3) is 0.0638. The lowest BCUT2D eigenvalue weighted by molar-refractivity contribution is 0.660. The number of anilines is 3. The van der Waals surface area contributed by atoms with Crippen LogP contribution in [0.25, 0.3) is 65.7 Å². The minimum Gasteiger partial charge on any atom is -0.456 e. The predicted molar refractivity (Wildman–Crippen MR) is 206 cm³/mol. The van der Waals surface area contributed by atoms with Crippen LogP contribution in [0.5, 0.6) is 0 Å². The van der Waals surface area contributed by atoms with Gasteiger partial charge in [-0.3, -0.25) is 0 Å². The molecular formula is C47H33NO. The van der Waals surface area contributed by atoms with Crippen LogP contribution in [0, 0.1) is 0 Å². The highest BCUT2D eigenvalue weighted by molar-refractivity contribution is 6.19. The molecule has 232 valence electrons. The van der Waals surface area contributed by atoms with Crippen LogP contribution < -0.4 is 4.90 Å². The molecule has 0 N–H and O–H groups in total. The van der Waals surface area contributed by atoms with Crippen LogP contribution in [0.1, 0.15) is 25.0 Å². The van der Waals surface area contributed by atoms with Crippen molar-refractivity contribution in [1.29, 1.82) is 0 Å². The first kappa shape index (κ1) is 27.9. The molecule has 0 saturated carbocycles. The lowest BCUT2D eigenvalue weighted by Crippen LogP contribution is -2.16. The van der Waals surface area contributed by atoms with Gasteiger partial charge in [0.1, 0.15) is 11.2 Å². The van der Waals surface area contributed by atoms with Crippen LogP contribution in [0.3, 0.4) is 0 Å². The van der Waals surface area contributed by atoms with Gasteiger partial charge in [0.2, 0.25) is 0 Å². The summed E-state index contributed by atoms with van der Waals surface area (Å²) in [6, 6.07) is 59.6. The number of fused-ring (bicyclic) bond motifs is 9. The largest absolute Gasteiger partial charge is 0.456 e. The Hall–Kier alpha value is -6.12. The van der Waals surface area contributed by atoms with Gasteiger partial charge in [-0.05, 0) is 110 Å². The topological polar surface area (TPSA) is 16.4 Å². The van der Waals surface area contributed by atoms with Gasteiger partial charge in [-0.2, -0.15) is 0 Å². The van der Waals surface area contributed by atoms with E-state index in [1.807, 2.05) is 12.1 Å². The summed E-state index contributed by atoms with van der Waals surface area (Å²) < 4.78 is 6.23. The first-order chi connectivity index (χ1) is 24.0. The van der Waals surface area contributed by atoms with Gasteiger partial charge in [0.05, 0.1) is 0 Å². The molecule has 1 aromatic heterocycles. The molecule has 0 amide bonds. The Balaban J connectivity index is 1.14. The second-order valence-electron chi connectivity index (χ2n) is 13.8. The van der Waals surface area contributed by atoms with E-state index in [0.717, 1.165) is 33.6 Å². The maximum Gasteiger partial charge on any atom is 0.136 e. The van der Waals surface area contributed by atoms with Crippen molar-refractivity contribution in [2.45, 2.75) is 19.3 Å². The lowest BCUT2D eigenvalue weighted by Gasteiger charge is -2.28. The van der Waals surface area contributed by atoms with Gasteiger partial charge in [0, 0.05) is 33.2 Å². The molecule has 49 heavy (non-hydrogen) atoms. The molecule has 8 aromatic carbocycles. The van der Waals surface area contributed by atoms with Gasteiger partial charge in [0.15, 0.2) is 0 Å². The van der Waals surface area contributed by atoms with E-state index in [2.05, 4.69) is 170 Å². The summed E-state index contributed by atoms with van der Waals surface area (Å²) >= 11 is 0. The molecule has 10 rings (SSSR count). The van der Waals surface area contributed by atoms with E-state index in [-0.39, 0.29) is 5.41 Å². The number of hydrogen-bond donors (Lipinski definition) is 0. The van der Waals surface area contributed by atoms with Crippen LogP contribution in [-0.2, 0) is 5.41 Å². The average molecular weight is 628 g/mol. The highest BCUT2D eigenvalue weighted by atomic mass is 16.3. The summed E-state index contributed by atoms with van der Waals surface area (Å²) in [6.07, 6.45) is 0. The maximum atomic E-state index is 6.23. The number of nitrogens with zero attached hydrogens (tertiary/aromatic N) is 1. The maximum absolute atomic E-state index is 6.23. The molecule has 1 aliphatic rings. The van der Waals surface area contributed by atoms with Crippen LogP contribution in [0.2, 0.25) is 0 Å². The summed E-state index contributed by atoms with van der Waals surface area (Å²) in [6.45, 7) is 4.70. The number of furan rings is 1. The molecule has 0 fully saturated rings. The molecule has 1 aliphatic carbocycles. The van der Waals surface area contributed by atoms with Gasteiger partial charge in [-0.15, -0.1) is 0 Å². The standard InChI is InChI=1S/C47H33NO/c1-47(2)42-13-7-5-11-39(42)40-25-23-37(29-43(40)47)48(35-20-17-31(18-21-35)33-16-15-30-9-3-4-10-32(30)27-33)36-22-24-38-34(28-36)19-26-45-46(38)41-12-6-8-14-44(41)49-45/h3-29H,1-2H3. The van der Waals surface area contributed by atoms with Gasteiger partial charge < -0.3 is 9.32 Å². The molecule has 0 bridgehead atoms. The van der Waals surface area contributed by atoms with Crippen molar-refractivity contribution in [1.82, 2.24) is 0 Å². The lowest BCUT2D eigenvalue weighted by atomic mass is 9.82. The van der Waals surface area contributed by atoms with E-state index in [0.29, 0.717) is 0 Å². The van der Waals surface area contributed by atoms with Crippen molar-refractivity contribution in [2.75, 3.05) is 4.90 Å². The first-order valence-corrected chi connectivity index (χ1v) is 17.0. The second-order valence-corrected chi connectivity index (χ2v) is 13.8. The van der Waals surface area contributed by atoms with Crippen LogP contribution >= 0.6 is 0 Å². The molecule has 0 radical (unpaired) electrons. The van der Waals surface area contributed by atoms with Crippen LogP contribution in [0.4, 0.5) is 17.1 Å². The van der Waals surface area contributed by atoms with E-state index in [4.69, 9.17) is 4.42 Å². The third kappa shape index (κ3) is 4.27. The third-order valence-electron chi connectivity index (χ3n) is 10.6. The highest BCUT2D eigenvalue weighted by Crippen LogP contribution is 2.51. The Labute approximate surface area is 285 Å². The average Bonchev–Trinajstić information content (AvgIpc) is 3.64. The van der Waals surface area contributed by atoms with E-state index in [1.54, 1.807) is 0 Å². The molecule has 0 unspecified atom stereocenters. The van der Waals surface area contributed by atoms with E-state index in [9.17, 15) is 0 Å². The highest BCUT2D eigenvalue weighted by Gasteiger charge is 2.35. The number of rotatable bonds is 4. The van der Waals surface area contributed by atoms with Crippen LogP contribution in [-0.4, -0.2) is 0 Å². The summed E-state index contributed by atoms with van der Waals surface area (Å²) in [7, 11) is 0. The molecule has 0 aliphatic heterocycles. The minimum absolute atomic E-state index is 0.0924. The normalized spacial score (nSPS) is 13.3. The zero-order valence-electron chi connectivity index (χ0n) is 27.4. The third-order valence-corrected chi connectivity index (χ3v) is 10.6. The molecule has 0 saturated heterocycles. The molecule has 2 nitrogen and oxygen atoms in total. The smallest absolute Gasteiger partial charge is 0.136 e. The summed E-state index contributed by atoms with van der Waals surface area (Å²) in [5, 5.41) is 7.21. The number of hydrogen-bond acceptors (Lipinski definition) is 2. The van der Waals surface area contributed by atoms with Gasteiger partial charge >= 0.3 is 0 Å². The zero-order chi connectivity index (χ0) is 32.7. The molecule has 0 atom stereocenters. The monoisotopic (exact) mass is 627 g/mol. The Morgan fingerprint density at radius 3 is 2.00 bits per heavy atom. The SMILES string of the molecule is CC1(C)c2ccccc2-c2ccc(N(c3ccc(-c4ccc5ccccc5c4)cc3)c3ccc4c(ccc5oc6ccccc6c54)c3)cc21. The molecule has 1 heterocycles. The van der Waals surface area contributed by atoms with Crippen molar-refractivity contribution in [3.05, 3.63) is 175 Å². The van der Waals surface area contributed by atoms with Gasteiger partial charge in [0.25, 0.3) is 0 Å². The predicted octanol–water partition coefficient (Wildman–Crippen LogP) is 13.3. The Bertz CT molecular complexity index is 2750. The quantitative estimate of drug-likeness (QED) is 0.193. The Morgan fingerprint density at radius 2 is 1.10 bits per heavy atom. The van der Waals surface area contributed by atoms with Crippen molar-refractivity contribution in [3.63, 3.8) is 0 Å². The fourth-order valence-electron chi connectivity index (χ4n) is 8.13. The molecular weight excluding hydrogens is 595 g/mol. The van der Waals surface area contributed by atoms with Crippen molar-refractivity contribution in [2.24, 2.45) is 0 Å². The van der Waals surface area contributed by atoms with Crippen molar-refractivity contribution < 1.29 is 4.42 Å². The first-order valence-electron chi connectivity index (χ1n) is 17.0. The molecule has 0 spiro atoms. The van der Waals surface area contributed by atoms with Gasteiger partial charge in [-0.25, -0.2) is 0 Å². The molecule has 2 heteroatoms. The van der Waals surface area contributed by atoms with E-state index < -0.39 is 0 Å². The number of benzene rings is 8. The molecule has 9 aromatic rings. The van der Waals surface area contributed by atoms with Gasteiger partial charge in [-0.1, -0.05) is 123 Å². The van der Waals surface area contributed by atoms with Crippen molar-refractivity contribution in [3.8, 4) is 22.3 Å². The van der Waals surface area contributed by atoms with E-state index >= 15 is 0 Å². The summed E-state index contributed by atoms with van der Waals surface area (Å²) in [4.78, 5) is 2.40. The number of para-hydroxylation sites is 1. The summed E-state index contributed by atoms with van der Waals surface area (Å²) in [5.74, 6) is 0. The minimum atomic E-state index is -0.0924. The van der Waals surface area contributed by atoms with Crippen molar-refractivity contribution >= 4 is 60.5 Å². The summed E-state index contributed by atoms with van der Waals surface area (Å²) in [5.41, 5.74) is 12.9.